The molecule has 24 heavy (non-hydrogen) atoms. The lowest BCUT2D eigenvalue weighted by Crippen LogP contribution is -2.29. The largest absolute Gasteiger partial charge is 0.449 e. The number of nitrogens with one attached hydrogen (secondary N) is 1. The molecule has 126 valence electrons. The Morgan fingerprint density at radius 3 is 2.71 bits per heavy atom. The number of rotatable bonds is 5. The fraction of sp³-hybridized carbons (Fsp3) is 0.176. The topological polar surface area (TPSA) is 55.4 Å². The van der Waals surface area contributed by atoms with Crippen LogP contribution in [0, 0.1) is 12.7 Å². The first kappa shape index (κ1) is 18.4. The molecule has 0 saturated heterocycles. The summed E-state index contributed by atoms with van der Waals surface area (Å²) in [7, 11) is 0. The number of carbonyl (C=O) groups is 2. The molecule has 1 N–H and O–H groups in total. The minimum atomic E-state index is -1.05. The number of esters is 1. The van der Waals surface area contributed by atoms with Crippen LogP contribution in [0.5, 0.6) is 0 Å². The number of amides is 1. The lowest BCUT2D eigenvalue weighted by Gasteiger charge is -2.12. The zero-order valence-electron chi connectivity index (χ0n) is 13.0. The van der Waals surface area contributed by atoms with Gasteiger partial charge in [-0.2, -0.15) is 0 Å². The Labute approximate surface area is 151 Å². The van der Waals surface area contributed by atoms with Gasteiger partial charge in [0.15, 0.2) is 6.10 Å². The van der Waals surface area contributed by atoms with E-state index in [4.69, 9.17) is 4.74 Å². The fourth-order valence-corrected chi connectivity index (χ4v) is 2.90. The number of halogens is 2. The van der Waals surface area contributed by atoms with Gasteiger partial charge in [0.2, 0.25) is 0 Å². The number of benzene rings is 1. The van der Waals surface area contributed by atoms with Gasteiger partial charge in [0, 0.05) is 20.3 Å². The van der Waals surface area contributed by atoms with Crippen molar-refractivity contribution in [2.24, 2.45) is 0 Å². The first-order chi connectivity index (χ1) is 11.3. The summed E-state index contributed by atoms with van der Waals surface area (Å²) >= 11 is 4.67. The van der Waals surface area contributed by atoms with Crippen LogP contribution in [0.3, 0.4) is 0 Å². The van der Waals surface area contributed by atoms with Gasteiger partial charge in [-0.25, -0.2) is 9.18 Å². The molecule has 0 bridgehead atoms. The summed E-state index contributed by atoms with van der Waals surface area (Å²) in [6.07, 6.45) is 1.84. The van der Waals surface area contributed by atoms with Crippen molar-refractivity contribution in [3.05, 3.63) is 56.5 Å². The molecule has 1 atom stereocenters. The van der Waals surface area contributed by atoms with Crippen molar-refractivity contribution in [1.82, 2.24) is 0 Å². The first-order valence-electron chi connectivity index (χ1n) is 7.06. The molecule has 0 unspecified atom stereocenters. The van der Waals surface area contributed by atoms with Crippen molar-refractivity contribution < 1.29 is 18.7 Å². The molecular formula is C17H15BrFNO3S. The second-order valence-electron chi connectivity index (χ2n) is 4.97. The number of carbonyl (C=O) groups excluding carboxylic acids is 2. The summed E-state index contributed by atoms with van der Waals surface area (Å²) < 4.78 is 19.3. The Balaban J connectivity index is 1.90. The van der Waals surface area contributed by atoms with E-state index in [9.17, 15) is 14.0 Å². The molecule has 0 aliphatic rings. The van der Waals surface area contributed by atoms with Crippen LogP contribution >= 0.6 is 27.3 Å². The van der Waals surface area contributed by atoms with E-state index in [2.05, 4.69) is 21.2 Å². The van der Waals surface area contributed by atoms with Gasteiger partial charge in [0.05, 0.1) is 5.69 Å². The first-order valence-corrected chi connectivity index (χ1v) is 8.67. The van der Waals surface area contributed by atoms with Gasteiger partial charge in [-0.05, 0) is 50.3 Å². The number of anilines is 1. The highest BCUT2D eigenvalue weighted by atomic mass is 79.9. The van der Waals surface area contributed by atoms with Gasteiger partial charge >= 0.3 is 5.97 Å². The van der Waals surface area contributed by atoms with E-state index in [1.165, 1.54) is 25.1 Å². The second-order valence-corrected chi connectivity index (χ2v) is 7.21. The molecule has 4 nitrogen and oxygen atoms in total. The normalized spacial score (nSPS) is 12.2. The summed E-state index contributed by atoms with van der Waals surface area (Å²) in [5.41, 5.74) is 0.0238. The van der Waals surface area contributed by atoms with Crippen LogP contribution in [0.1, 0.15) is 16.7 Å². The van der Waals surface area contributed by atoms with Gasteiger partial charge in [0.1, 0.15) is 5.82 Å². The third kappa shape index (κ3) is 5.28. The average molecular weight is 412 g/mol. The van der Waals surface area contributed by atoms with E-state index in [1.54, 1.807) is 23.5 Å². The minimum absolute atomic E-state index is 0.0238. The molecule has 1 aromatic heterocycles. The highest BCUT2D eigenvalue weighted by Gasteiger charge is 2.18. The number of ether oxygens (including phenoxy) is 1. The molecule has 0 aliphatic carbocycles. The van der Waals surface area contributed by atoms with Crippen molar-refractivity contribution in [1.29, 1.82) is 0 Å². The molecule has 1 aromatic carbocycles. The fourth-order valence-electron chi connectivity index (χ4n) is 1.79. The van der Waals surface area contributed by atoms with Crippen molar-refractivity contribution in [3.63, 3.8) is 0 Å². The molecule has 0 saturated carbocycles. The zero-order chi connectivity index (χ0) is 17.7. The smallest absolute Gasteiger partial charge is 0.331 e. The number of thiophene rings is 1. The molecule has 0 aliphatic heterocycles. The summed E-state index contributed by atoms with van der Waals surface area (Å²) in [6, 6.07) is 8.08. The van der Waals surface area contributed by atoms with E-state index in [0.717, 1.165) is 9.75 Å². The lowest BCUT2D eigenvalue weighted by atomic mass is 10.3. The minimum Gasteiger partial charge on any atom is -0.449 e. The van der Waals surface area contributed by atoms with Crippen LogP contribution in [0.15, 0.2) is 40.9 Å². The highest BCUT2D eigenvalue weighted by Crippen LogP contribution is 2.20. The summed E-state index contributed by atoms with van der Waals surface area (Å²) in [6.45, 7) is 3.39. The predicted octanol–water partition coefficient (Wildman–Crippen LogP) is 4.54. The molecule has 1 heterocycles. The Morgan fingerprint density at radius 1 is 1.33 bits per heavy atom. The van der Waals surface area contributed by atoms with Crippen molar-refractivity contribution in [2.45, 2.75) is 20.0 Å². The van der Waals surface area contributed by atoms with Crippen molar-refractivity contribution in [3.8, 4) is 0 Å². The predicted molar refractivity (Wildman–Crippen MR) is 96.4 cm³/mol. The highest BCUT2D eigenvalue weighted by molar-refractivity contribution is 9.10. The van der Waals surface area contributed by atoms with Gasteiger partial charge in [-0.3, -0.25) is 4.79 Å². The van der Waals surface area contributed by atoms with Gasteiger partial charge in [-0.15, -0.1) is 11.3 Å². The Bertz CT molecular complexity index is 788. The summed E-state index contributed by atoms with van der Waals surface area (Å²) in [4.78, 5) is 25.8. The lowest BCUT2D eigenvalue weighted by molar-refractivity contribution is -0.148. The molecule has 1 amide bonds. The molecule has 0 fully saturated rings. The van der Waals surface area contributed by atoms with Crippen molar-refractivity contribution >= 4 is 50.9 Å². The second kappa shape index (κ2) is 8.21. The standard InChI is InChI=1S/C17H15BrFNO3S/c1-10-3-5-13(24-10)6-8-16(21)23-11(2)17(22)20-15-7-4-12(18)9-14(15)19/h3-9,11H,1-2H3,(H,20,22)/b8-6+/t11-/m1/s1. The van der Waals surface area contributed by atoms with E-state index in [-0.39, 0.29) is 5.69 Å². The zero-order valence-corrected chi connectivity index (χ0v) is 15.4. The quantitative estimate of drug-likeness (QED) is 0.580. The van der Waals surface area contributed by atoms with Gasteiger partial charge in [-0.1, -0.05) is 15.9 Å². The SMILES string of the molecule is Cc1ccc(/C=C/C(=O)O[C@H](C)C(=O)Nc2ccc(Br)cc2F)s1. The molecule has 2 aromatic rings. The van der Waals surface area contributed by atoms with Crippen LogP contribution < -0.4 is 5.32 Å². The molecule has 7 heteroatoms. The van der Waals surface area contributed by atoms with Crippen LogP contribution in [-0.2, 0) is 14.3 Å². The summed E-state index contributed by atoms with van der Waals surface area (Å²) in [5.74, 6) is -1.82. The van der Waals surface area contributed by atoms with Gasteiger partial charge in [0.25, 0.3) is 5.91 Å². The Hall–Kier alpha value is -1.99. The van der Waals surface area contributed by atoms with Crippen molar-refractivity contribution in [2.75, 3.05) is 5.32 Å². The number of aryl methyl sites for hydroxylation is 1. The maximum absolute atomic E-state index is 13.7. The van der Waals surface area contributed by atoms with E-state index < -0.39 is 23.8 Å². The van der Waals surface area contributed by atoms with Gasteiger partial charge < -0.3 is 10.1 Å². The van der Waals surface area contributed by atoms with Crippen LogP contribution in [0.2, 0.25) is 0 Å². The maximum Gasteiger partial charge on any atom is 0.331 e. The molecule has 2 rings (SSSR count). The molecule has 0 spiro atoms. The average Bonchev–Trinajstić information content (AvgIpc) is 2.93. The Kier molecular flexibility index (Phi) is 6.28. The van der Waals surface area contributed by atoms with Crippen LogP contribution in [0.25, 0.3) is 6.08 Å². The van der Waals surface area contributed by atoms with Crippen LogP contribution in [-0.4, -0.2) is 18.0 Å². The van der Waals surface area contributed by atoms with E-state index in [0.29, 0.717) is 4.47 Å². The summed E-state index contributed by atoms with van der Waals surface area (Å²) in [5, 5.41) is 2.39. The van der Waals surface area contributed by atoms with Crippen LogP contribution in [0.4, 0.5) is 10.1 Å². The number of hydrogen-bond acceptors (Lipinski definition) is 4. The third-order valence-corrected chi connectivity index (χ3v) is 4.46. The molecular weight excluding hydrogens is 397 g/mol. The Morgan fingerprint density at radius 2 is 2.08 bits per heavy atom. The third-order valence-electron chi connectivity index (χ3n) is 3.00. The molecule has 0 radical (unpaired) electrons. The van der Waals surface area contributed by atoms with E-state index >= 15 is 0 Å². The number of hydrogen-bond donors (Lipinski definition) is 1. The monoisotopic (exact) mass is 411 g/mol. The maximum atomic E-state index is 13.7. The van der Waals surface area contributed by atoms with E-state index in [1.807, 2.05) is 19.1 Å².